The number of tetrazole rings is 1. The third kappa shape index (κ3) is 5.33. The fourth-order valence-electron chi connectivity index (χ4n) is 3.95. The highest BCUT2D eigenvalue weighted by Crippen LogP contribution is 2.28. The predicted octanol–water partition coefficient (Wildman–Crippen LogP) is 2.65. The minimum Gasteiger partial charge on any atom is -0.481 e. The van der Waals surface area contributed by atoms with Gasteiger partial charge in [0.05, 0.1) is 38.1 Å². The molecule has 0 aromatic carbocycles. The Balaban J connectivity index is 1.55. The minimum absolute atomic E-state index is 0.00505. The Labute approximate surface area is 200 Å². The van der Waals surface area contributed by atoms with Crippen LogP contribution in [0.15, 0.2) is 12.1 Å². The van der Waals surface area contributed by atoms with Crippen LogP contribution in [0.3, 0.4) is 0 Å². The Bertz CT molecular complexity index is 1220. The number of pyridine rings is 1. The van der Waals surface area contributed by atoms with E-state index in [2.05, 4.69) is 30.7 Å². The summed E-state index contributed by atoms with van der Waals surface area (Å²) in [5, 5.41) is 15.5. The molecule has 0 fully saturated rings. The number of anilines is 1. The van der Waals surface area contributed by atoms with E-state index >= 15 is 0 Å². The predicted molar refractivity (Wildman–Crippen MR) is 122 cm³/mol. The van der Waals surface area contributed by atoms with Gasteiger partial charge in [-0.25, -0.2) is 18.7 Å². The Hall–Kier alpha value is -3.77. The third-order valence-electron chi connectivity index (χ3n) is 5.87. The van der Waals surface area contributed by atoms with Gasteiger partial charge in [-0.1, -0.05) is 0 Å². The molecule has 0 spiro atoms. The highest BCUT2D eigenvalue weighted by atomic mass is 19.3. The first-order valence-corrected chi connectivity index (χ1v) is 11.3. The molecule has 4 heterocycles. The molecule has 186 valence electrons. The number of nitrogens with zero attached hydrogens (tertiary/aromatic N) is 8. The van der Waals surface area contributed by atoms with Gasteiger partial charge < -0.3 is 15.0 Å². The summed E-state index contributed by atoms with van der Waals surface area (Å²) in [6, 6.07) is 3.43. The zero-order valence-electron chi connectivity index (χ0n) is 20.0. The van der Waals surface area contributed by atoms with Gasteiger partial charge in [0.15, 0.2) is 5.82 Å². The summed E-state index contributed by atoms with van der Waals surface area (Å²) in [4.78, 5) is 28.7. The normalized spacial score (nSPS) is 15.0. The van der Waals surface area contributed by atoms with Crippen molar-refractivity contribution in [3.8, 4) is 17.3 Å². The molecule has 11 nitrogen and oxygen atoms in total. The lowest BCUT2D eigenvalue weighted by molar-refractivity contribution is -0.132. The lowest BCUT2D eigenvalue weighted by Gasteiger charge is -2.26. The number of rotatable bonds is 5. The number of amides is 1. The summed E-state index contributed by atoms with van der Waals surface area (Å²) < 4.78 is 31.5. The molecule has 1 N–H and O–H groups in total. The summed E-state index contributed by atoms with van der Waals surface area (Å²) in [5.41, 5.74) is 2.74. The van der Waals surface area contributed by atoms with Crippen LogP contribution < -0.4 is 10.1 Å². The maximum atomic E-state index is 13.3. The fraction of sp³-hybridized carbons (Fsp3) is 0.500. The standard InChI is InChI=1S/C22H27F2N9O2/c1-12(16-10-17(35-4)28-21(27-16)18(23)24)22(34)33-8-6-5-7-14-9-15(20-29-31-32(3)30-20)13(2)26-19(14)25-11-33/h9-10,12,18H,5-8,11H2,1-4H3,(H,25,26)/t12-/m0/s1. The number of hydrogen-bond acceptors (Lipinski definition) is 9. The summed E-state index contributed by atoms with van der Waals surface area (Å²) in [7, 11) is 3.04. The van der Waals surface area contributed by atoms with Gasteiger partial charge >= 0.3 is 0 Å². The topological polar surface area (TPSA) is 124 Å². The van der Waals surface area contributed by atoms with E-state index in [-0.39, 0.29) is 24.1 Å². The van der Waals surface area contributed by atoms with Crippen molar-refractivity contribution in [1.29, 1.82) is 0 Å². The smallest absolute Gasteiger partial charge is 0.297 e. The molecule has 1 aliphatic rings. The highest BCUT2D eigenvalue weighted by Gasteiger charge is 2.27. The van der Waals surface area contributed by atoms with Gasteiger partial charge in [0.2, 0.25) is 17.6 Å². The highest BCUT2D eigenvalue weighted by molar-refractivity contribution is 5.83. The number of aryl methyl sites for hydroxylation is 3. The number of alkyl halides is 2. The second-order valence-corrected chi connectivity index (χ2v) is 8.34. The van der Waals surface area contributed by atoms with E-state index in [9.17, 15) is 13.6 Å². The lowest BCUT2D eigenvalue weighted by Crippen LogP contribution is -2.39. The zero-order valence-corrected chi connectivity index (χ0v) is 20.0. The van der Waals surface area contributed by atoms with Crippen molar-refractivity contribution in [1.82, 2.24) is 40.1 Å². The number of nitrogens with one attached hydrogen (secondary N) is 1. The second-order valence-electron chi connectivity index (χ2n) is 8.34. The van der Waals surface area contributed by atoms with Crippen LogP contribution in [-0.4, -0.2) is 66.3 Å². The van der Waals surface area contributed by atoms with Crippen molar-refractivity contribution in [2.75, 3.05) is 25.6 Å². The van der Waals surface area contributed by atoms with Crippen LogP contribution in [0.25, 0.3) is 11.4 Å². The number of aromatic nitrogens is 7. The fourth-order valence-corrected chi connectivity index (χ4v) is 3.95. The van der Waals surface area contributed by atoms with Crippen LogP contribution in [0, 0.1) is 6.92 Å². The first-order valence-electron chi connectivity index (χ1n) is 11.3. The largest absolute Gasteiger partial charge is 0.481 e. The van der Waals surface area contributed by atoms with Gasteiger partial charge in [0, 0.05) is 18.2 Å². The molecule has 35 heavy (non-hydrogen) atoms. The van der Waals surface area contributed by atoms with Crippen LogP contribution in [0.4, 0.5) is 14.6 Å². The molecule has 1 aliphatic heterocycles. The number of fused-ring (bicyclic) bond motifs is 1. The van der Waals surface area contributed by atoms with Crippen molar-refractivity contribution in [2.45, 2.75) is 45.5 Å². The summed E-state index contributed by atoms with van der Waals surface area (Å²) in [6.45, 7) is 4.23. The van der Waals surface area contributed by atoms with Crippen molar-refractivity contribution < 1.29 is 18.3 Å². The van der Waals surface area contributed by atoms with Crippen LogP contribution in [-0.2, 0) is 18.3 Å². The first-order chi connectivity index (χ1) is 16.8. The van der Waals surface area contributed by atoms with E-state index in [0.29, 0.717) is 18.2 Å². The molecule has 0 aliphatic carbocycles. The van der Waals surface area contributed by atoms with E-state index in [1.165, 1.54) is 18.0 Å². The van der Waals surface area contributed by atoms with Gasteiger partial charge in [-0.15, -0.1) is 10.2 Å². The molecule has 0 saturated heterocycles. The number of ether oxygens (including phenoxy) is 1. The van der Waals surface area contributed by atoms with Crippen molar-refractivity contribution in [2.24, 2.45) is 7.05 Å². The van der Waals surface area contributed by atoms with Gasteiger partial charge in [0.25, 0.3) is 6.43 Å². The summed E-state index contributed by atoms with van der Waals surface area (Å²) in [6.07, 6.45) is -0.504. The van der Waals surface area contributed by atoms with Gasteiger partial charge in [0.1, 0.15) is 5.82 Å². The second kappa shape index (κ2) is 10.2. The van der Waals surface area contributed by atoms with E-state index in [1.54, 1.807) is 18.9 Å². The van der Waals surface area contributed by atoms with Crippen molar-refractivity contribution in [3.05, 3.63) is 34.9 Å². The zero-order chi connectivity index (χ0) is 25.1. The molecular weight excluding hydrogens is 460 g/mol. The Morgan fingerprint density at radius 1 is 1.20 bits per heavy atom. The number of halogens is 2. The van der Waals surface area contributed by atoms with Gasteiger partial charge in [-0.2, -0.15) is 9.78 Å². The minimum atomic E-state index is -2.87. The van der Waals surface area contributed by atoms with E-state index in [4.69, 9.17) is 9.72 Å². The maximum absolute atomic E-state index is 13.3. The molecule has 3 aromatic rings. The van der Waals surface area contributed by atoms with E-state index < -0.39 is 18.2 Å². The number of hydrogen-bond donors (Lipinski definition) is 1. The maximum Gasteiger partial charge on any atom is 0.297 e. The Morgan fingerprint density at radius 3 is 2.69 bits per heavy atom. The first kappa shape index (κ1) is 24.4. The summed E-state index contributed by atoms with van der Waals surface area (Å²) in [5.74, 6) is -0.469. The van der Waals surface area contributed by atoms with Crippen LogP contribution in [0.2, 0.25) is 0 Å². The molecule has 4 rings (SSSR count). The molecular formula is C22H27F2N9O2. The number of carbonyl (C=O) groups is 1. The monoisotopic (exact) mass is 487 g/mol. The van der Waals surface area contributed by atoms with Gasteiger partial charge in [-0.3, -0.25) is 4.79 Å². The molecule has 1 atom stereocenters. The molecule has 1 amide bonds. The molecule has 3 aromatic heterocycles. The van der Waals surface area contributed by atoms with Crippen LogP contribution in [0.1, 0.15) is 54.9 Å². The SMILES string of the molecule is COc1cc([C@H](C)C(=O)N2CCCCc3cc(-c4nnn(C)n4)c(C)nc3NC2)nc(C(F)F)n1. The number of methoxy groups -OCH3 is 1. The average Bonchev–Trinajstić information content (AvgIpc) is 3.31. The number of carbonyl (C=O) groups excluding carboxylic acids is 1. The molecule has 0 radical (unpaired) electrons. The Morgan fingerprint density at radius 2 is 2.00 bits per heavy atom. The van der Waals surface area contributed by atoms with E-state index in [0.717, 1.165) is 36.1 Å². The lowest BCUT2D eigenvalue weighted by atomic mass is 10.0. The summed E-state index contributed by atoms with van der Waals surface area (Å²) >= 11 is 0. The van der Waals surface area contributed by atoms with Crippen molar-refractivity contribution >= 4 is 11.7 Å². The van der Waals surface area contributed by atoms with Crippen LogP contribution >= 0.6 is 0 Å². The molecule has 0 unspecified atom stereocenters. The molecule has 0 bridgehead atoms. The molecule has 13 heteroatoms. The quantitative estimate of drug-likeness (QED) is 0.578. The van der Waals surface area contributed by atoms with Crippen molar-refractivity contribution in [3.63, 3.8) is 0 Å². The Kier molecular flexibility index (Phi) is 7.12. The van der Waals surface area contributed by atoms with Crippen LogP contribution in [0.5, 0.6) is 5.88 Å². The van der Waals surface area contributed by atoms with Gasteiger partial charge in [-0.05, 0) is 50.0 Å². The third-order valence-corrected chi connectivity index (χ3v) is 5.87. The molecule has 0 saturated carbocycles. The average molecular weight is 488 g/mol. The van der Waals surface area contributed by atoms with E-state index in [1.807, 2.05) is 13.0 Å².